The van der Waals surface area contributed by atoms with Crippen molar-refractivity contribution in [1.82, 2.24) is 10.1 Å². The summed E-state index contributed by atoms with van der Waals surface area (Å²) in [7, 11) is 0. The van der Waals surface area contributed by atoms with Gasteiger partial charge in [-0.2, -0.15) is 0 Å². The van der Waals surface area contributed by atoms with Crippen molar-refractivity contribution in [3.05, 3.63) is 11.5 Å². The lowest BCUT2D eigenvalue weighted by atomic mass is 10.2. The van der Waals surface area contributed by atoms with E-state index in [2.05, 4.69) is 10.5 Å². The van der Waals surface area contributed by atoms with Gasteiger partial charge in [0.2, 0.25) is 0 Å². The summed E-state index contributed by atoms with van der Waals surface area (Å²) in [6, 6.07) is -0.206. The van der Waals surface area contributed by atoms with E-state index in [1.54, 1.807) is 11.8 Å². The summed E-state index contributed by atoms with van der Waals surface area (Å²) >= 11 is 0. The maximum absolute atomic E-state index is 11.9. The quantitative estimate of drug-likeness (QED) is 0.811. The number of aromatic nitrogens is 1. The van der Waals surface area contributed by atoms with Gasteiger partial charge in [0.15, 0.2) is 5.76 Å². The highest BCUT2D eigenvalue weighted by atomic mass is 16.5. The minimum atomic E-state index is -0.407. The van der Waals surface area contributed by atoms with E-state index in [9.17, 15) is 9.90 Å². The molecule has 1 aromatic rings. The molecule has 0 spiro atoms. The molecule has 2 N–H and O–H groups in total. The number of aliphatic hydroxyl groups excluding tert-OH is 1. The molecule has 1 atom stereocenters. The Hall–Kier alpha value is -1.56. The van der Waals surface area contributed by atoms with Gasteiger partial charge in [0.1, 0.15) is 11.4 Å². The third-order valence-corrected chi connectivity index (χ3v) is 2.94. The number of nitrogens with zero attached hydrogens (tertiary/aromatic N) is 2. The molecule has 2 amide bonds. The minimum Gasteiger partial charge on any atom is -0.391 e. The zero-order valence-electron chi connectivity index (χ0n) is 10.1. The second kappa shape index (κ2) is 4.75. The fourth-order valence-corrected chi connectivity index (χ4v) is 1.93. The van der Waals surface area contributed by atoms with E-state index in [0.717, 1.165) is 0 Å². The smallest absolute Gasteiger partial charge is 0.322 e. The Labute approximate surface area is 99.6 Å². The first-order valence-electron chi connectivity index (χ1n) is 5.81. The maximum Gasteiger partial charge on any atom is 0.322 e. The average Bonchev–Trinajstić information content (AvgIpc) is 2.87. The van der Waals surface area contributed by atoms with E-state index in [0.29, 0.717) is 43.1 Å². The van der Waals surface area contributed by atoms with Crippen LogP contribution in [0.2, 0.25) is 0 Å². The number of carbonyl (C=O) groups excluding carboxylic acids is 1. The van der Waals surface area contributed by atoms with Crippen LogP contribution in [0.25, 0.3) is 0 Å². The van der Waals surface area contributed by atoms with Gasteiger partial charge in [-0.3, -0.25) is 0 Å². The van der Waals surface area contributed by atoms with Crippen LogP contribution >= 0.6 is 0 Å². The molecule has 2 heterocycles. The van der Waals surface area contributed by atoms with Crippen molar-refractivity contribution in [2.45, 2.75) is 32.8 Å². The average molecular weight is 239 g/mol. The summed E-state index contributed by atoms with van der Waals surface area (Å²) in [5, 5.41) is 16.0. The molecule has 0 radical (unpaired) electrons. The molecule has 17 heavy (non-hydrogen) atoms. The zero-order valence-corrected chi connectivity index (χ0v) is 10.1. The fraction of sp³-hybridized carbons (Fsp3) is 0.636. The summed E-state index contributed by atoms with van der Waals surface area (Å²) < 4.78 is 5.10. The molecule has 0 saturated carbocycles. The summed E-state index contributed by atoms with van der Waals surface area (Å²) in [5.74, 6) is 0.676. The Balaban J connectivity index is 2.05. The van der Waals surface area contributed by atoms with E-state index in [4.69, 9.17) is 4.52 Å². The van der Waals surface area contributed by atoms with Gasteiger partial charge >= 0.3 is 6.03 Å². The highest BCUT2D eigenvalue weighted by Crippen LogP contribution is 2.21. The Morgan fingerprint density at radius 1 is 1.71 bits per heavy atom. The van der Waals surface area contributed by atoms with Gasteiger partial charge in [0, 0.05) is 19.5 Å². The highest BCUT2D eigenvalue weighted by Gasteiger charge is 2.26. The number of aryl methyl sites for hydroxylation is 2. The number of aliphatic hydroxyl groups is 1. The van der Waals surface area contributed by atoms with Crippen LogP contribution in [0.3, 0.4) is 0 Å². The number of β-amino-alcohol motifs (C(OH)–C–C–N with tert-alkyl or cyclic N) is 1. The predicted molar refractivity (Wildman–Crippen MR) is 61.8 cm³/mol. The van der Waals surface area contributed by atoms with Gasteiger partial charge < -0.3 is 19.8 Å². The number of anilines is 1. The molecule has 0 bridgehead atoms. The molecular weight excluding hydrogens is 222 g/mol. The molecule has 0 unspecified atom stereocenters. The van der Waals surface area contributed by atoms with Crippen molar-refractivity contribution < 1.29 is 14.4 Å². The van der Waals surface area contributed by atoms with E-state index < -0.39 is 6.10 Å². The molecule has 1 aromatic heterocycles. The maximum atomic E-state index is 11.9. The van der Waals surface area contributed by atoms with Crippen LogP contribution in [0, 0.1) is 6.92 Å². The van der Waals surface area contributed by atoms with Gasteiger partial charge in [-0.1, -0.05) is 12.1 Å². The van der Waals surface area contributed by atoms with Gasteiger partial charge in [-0.05, 0) is 13.3 Å². The Morgan fingerprint density at radius 2 is 2.47 bits per heavy atom. The summed E-state index contributed by atoms with van der Waals surface area (Å²) in [4.78, 5) is 13.5. The number of carbonyl (C=O) groups is 1. The van der Waals surface area contributed by atoms with Crippen molar-refractivity contribution in [3.63, 3.8) is 0 Å². The van der Waals surface area contributed by atoms with E-state index in [-0.39, 0.29) is 6.03 Å². The van der Waals surface area contributed by atoms with Gasteiger partial charge in [0.25, 0.3) is 0 Å². The lowest BCUT2D eigenvalue weighted by molar-refractivity contribution is 0.176. The van der Waals surface area contributed by atoms with Crippen molar-refractivity contribution >= 4 is 11.7 Å². The first-order valence-corrected chi connectivity index (χ1v) is 5.81. The molecular formula is C11H17N3O3. The van der Waals surface area contributed by atoms with Crippen LogP contribution < -0.4 is 5.32 Å². The number of hydrogen-bond acceptors (Lipinski definition) is 4. The number of amides is 2. The summed E-state index contributed by atoms with van der Waals surface area (Å²) in [6.07, 6.45) is 0.908. The molecule has 6 heteroatoms. The topological polar surface area (TPSA) is 78.6 Å². The van der Waals surface area contributed by atoms with Crippen molar-refractivity contribution in [3.8, 4) is 0 Å². The molecule has 2 rings (SSSR count). The number of rotatable bonds is 2. The molecule has 0 aromatic carbocycles. The van der Waals surface area contributed by atoms with E-state index >= 15 is 0 Å². The Bertz CT molecular complexity index is 416. The number of nitrogens with one attached hydrogen (secondary N) is 1. The molecule has 1 aliphatic heterocycles. The molecule has 6 nitrogen and oxygen atoms in total. The van der Waals surface area contributed by atoms with Crippen LogP contribution in [0.5, 0.6) is 0 Å². The number of likely N-dealkylation sites (tertiary alicyclic amines) is 1. The standard InChI is InChI=1S/C11H17N3O3/c1-3-9-10(7(2)13-17-9)12-11(16)14-5-4-8(15)6-14/h8,15H,3-6H2,1-2H3,(H,12,16)/t8-/m0/s1. The van der Waals surface area contributed by atoms with Crippen molar-refractivity contribution in [2.24, 2.45) is 0 Å². The Morgan fingerprint density at radius 3 is 3.06 bits per heavy atom. The van der Waals surface area contributed by atoms with Crippen LogP contribution in [0.15, 0.2) is 4.52 Å². The van der Waals surface area contributed by atoms with Gasteiger partial charge in [0.05, 0.1) is 6.10 Å². The lowest BCUT2D eigenvalue weighted by Gasteiger charge is -2.16. The first kappa shape index (κ1) is 11.9. The fourth-order valence-electron chi connectivity index (χ4n) is 1.93. The summed E-state index contributed by atoms with van der Waals surface area (Å²) in [5.41, 5.74) is 1.33. The molecule has 94 valence electrons. The number of hydrogen-bond donors (Lipinski definition) is 2. The molecule has 0 aliphatic carbocycles. The van der Waals surface area contributed by atoms with Gasteiger partial charge in [-0.15, -0.1) is 0 Å². The normalized spacial score (nSPS) is 19.7. The highest BCUT2D eigenvalue weighted by molar-refractivity contribution is 5.90. The van der Waals surface area contributed by atoms with Crippen LogP contribution in [-0.2, 0) is 6.42 Å². The lowest BCUT2D eigenvalue weighted by Crippen LogP contribution is -2.33. The molecule has 1 fully saturated rings. The molecule has 1 saturated heterocycles. The van der Waals surface area contributed by atoms with Gasteiger partial charge in [-0.25, -0.2) is 4.79 Å². The second-order valence-electron chi connectivity index (χ2n) is 4.24. The van der Waals surface area contributed by atoms with E-state index in [1.165, 1.54) is 0 Å². The predicted octanol–water partition coefficient (Wildman–Crippen LogP) is 1.14. The third-order valence-electron chi connectivity index (χ3n) is 2.94. The van der Waals surface area contributed by atoms with Crippen molar-refractivity contribution in [2.75, 3.05) is 18.4 Å². The second-order valence-corrected chi connectivity index (χ2v) is 4.24. The van der Waals surface area contributed by atoms with Crippen LogP contribution in [0.1, 0.15) is 24.8 Å². The van der Waals surface area contributed by atoms with Crippen LogP contribution in [-0.4, -0.2) is 40.4 Å². The largest absolute Gasteiger partial charge is 0.391 e. The third kappa shape index (κ3) is 2.41. The van der Waals surface area contributed by atoms with Crippen molar-refractivity contribution in [1.29, 1.82) is 0 Å². The molecule has 1 aliphatic rings. The SMILES string of the molecule is CCc1onc(C)c1NC(=O)N1CC[C@H](O)C1. The minimum absolute atomic E-state index is 0.206. The summed E-state index contributed by atoms with van der Waals surface area (Å²) in [6.45, 7) is 4.70. The Kier molecular flexibility index (Phi) is 3.33. The monoisotopic (exact) mass is 239 g/mol. The number of urea groups is 1. The first-order chi connectivity index (χ1) is 8.11. The van der Waals surface area contributed by atoms with E-state index in [1.807, 2.05) is 6.92 Å². The zero-order chi connectivity index (χ0) is 12.4. The van der Waals surface area contributed by atoms with Crippen LogP contribution in [0.4, 0.5) is 10.5 Å².